The van der Waals surface area contributed by atoms with Crippen molar-refractivity contribution in [1.29, 1.82) is 0 Å². The maximum Gasteiger partial charge on any atom is 0.317 e. The van der Waals surface area contributed by atoms with E-state index >= 15 is 0 Å². The fourth-order valence-corrected chi connectivity index (χ4v) is 3.45. The Hall–Kier alpha value is -3.64. The Morgan fingerprint density at radius 2 is 1.59 bits per heavy atom. The third kappa shape index (κ3) is 6.18. The lowest BCUT2D eigenvalue weighted by Gasteiger charge is -2.22. The van der Waals surface area contributed by atoms with E-state index in [9.17, 15) is 9.59 Å². The Morgan fingerprint density at radius 3 is 2.25 bits per heavy atom. The molecule has 0 spiro atoms. The van der Waals surface area contributed by atoms with Crippen LogP contribution in [0.15, 0.2) is 78.9 Å². The fraction of sp³-hybridized carbons (Fsp3) is 0.231. The second kappa shape index (κ2) is 11.1. The van der Waals surface area contributed by atoms with Crippen LogP contribution in [0, 0.1) is 0 Å². The van der Waals surface area contributed by atoms with Crippen molar-refractivity contribution in [1.82, 2.24) is 4.90 Å². The minimum atomic E-state index is -0.861. The molecule has 0 saturated carbocycles. The van der Waals surface area contributed by atoms with Crippen molar-refractivity contribution in [2.24, 2.45) is 0 Å². The molecule has 6 nitrogen and oxygen atoms in total. The Balaban J connectivity index is 1.73. The van der Waals surface area contributed by atoms with Gasteiger partial charge in [-0.1, -0.05) is 42.5 Å². The summed E-state index contributed by atoms with van der Waals surface area (Å²) in [5.74, 6) is 0.188. The predicted octanol–water partition coefficient (Wildman–Crippen LogP) is 4.45. The number of hydrogen-bond donors (Lipinski definition) is 1. The zero-order valence-corrected chi connectivity index (χ0v) is 18.2. The third-order valence-electron chi connectivity index (χ3n) is 5.10. The lowest BCUT2D eigenvalue weighted by atomic mass is 10.0. The molecule has 3 aromatic carbocycles. The van der Waals surface area contributed by atoms with E-state index in [2.05, 4.69) is 0 Å². The molecule has 1 N–H and O–H groups in total. The lowest BCUT2D eigenvalue weighted by molar-refractivity contribution is -0.138. The van der Waals surface area contributed by atoms with Crippen molar-refractivity contribution in [3.8, 4) is 11.5 Å². The van der Waals surface area contributed by atoms with Crippen LogP contribution >= 0.6 is 0 Å². The van der Waals surface area contributed by atoms with Gasteiger partial charge in [0.15, 0.2) is 5.78 Å². The second-order valence-corrected chi connectivity index (χ2v) is 7.49. The number of ketones is 1. The molecule has 1 atom stereocenters. The van der Waals surface area contributed by atoms with Crippen LogP contribution < -0.4 is 9.47 Å². The van der Waals surface area contributed by atoms with E-state index in [0.717, 1.165) is 5.56 Å². The number of carboxylic acids is 1. The average molecular weight is 434 g/mol. The van der Waals surface area contributed by atoms with Crippen molar-refractivity contribution >= 4 is 11.8 Å². The first-order valence-electron chi connectivity index (χ1n) is 10.4. The van der Waals surface area contributed by atoms with E-state index in [-0.39, 0.29) is 18.4 Å². The van der Waals surface area contributed by atoms with Gasteiger partial charge in [-0.15, -0.1) is 0 Å². The van der Waals surface area contributed by atoms with E-state index in [0.29, 0.717) is 35.6 Å². The summed E-state index contributed by atoms with van der Waals surface area (Å²) < 4.78 is 11.5. The number of likely N-dealkylation sites (N-methyl/N-ethyl adjacent to an activating group) is 1. The number of nitrogens with zero attached hydrogens (tertiary/aromatic N) is 1. The van der Waals surface area contributed by atoms with Crippen molar-refractivity contribution in [2.75, 3.05) is 27.2 Å². The standard InChI is InChI=1S/C26H27NO5/c1-27(18-25(28)29)17-16-23(19-8-4-3-5-9-19)32-21-14-12-20(13-15-21)26(30)22-10-6-7-11-24(22)31-2/h3-15,23H,16-18H2,1-2H3,(H,28,29). The van der Waals surface area contributed by atoms with Crippen molar-refractivity contribution in [3.63, 3.8) is 0 Å². The monoisotopic (exact) mass is 433 g/mol. The van der Waals surface area contributed by atoms with Crippen LogP contribution in [0.1, 0.15) is 34.0 Å². The Morgan fingerprint density at radius 1 is 0.938 bits per heavy atom. The van der Waals surface area contributed by atoms with Crippen LogP contribution in [-0.2, 0) is 4.79 Å². The van der Waals surface area contributed by atoms with Crippen LogP contribution in [0.25, 0.3) is 0 Å². The molecule has 6 heteroatoms. The first-order chi connectivity index (χ1) is 15.5. The minimum absolute atomic E-state index is 0.0265. The molecule has 3 rings (SSSR count). The van der Waals surface area contributed by atoms with Gasteiger partial charge in [0.1, 0.15) is 17.6 Å². The summed E-state index contributed by atoms with van der Waals surface area (Å²) in [5.41, 5.74) is 2.05. The molecule has 3 aromatic rings. The molecule has 0 bridgehead atoms. The highest BCUT2D eigenvalue weighted by Crippen LogP contribution is 2.27. The molecule has 0 radical (unpaired) electrons. The van der Waals surface area contributed by atoms with Crippen molar-refractivity contribution < 1.29 is 24.2 Å². The number of carbonyl (C=O) groups is 2. The number of ether oxygens (including phenoxy) is 2. The second-order valence-electron chi connectivity index (χ2n) is 7.49. The summed E-state index contributed by atoms with van der Waals surface area (Å²) in [6.45, 7) is 0.539. The molecule has 0 aliphatic rings. The first kappa shape index (κ1) is 23.0. The molecule has 0 heterocycles. The van der Waals surface area contributed by atoms with E-state index in [1.54, 1.807) is 61.5 Å². The van der Waals surface area contributed by atoms with E-state index < -0.39 is 5.97 Å². The normalized spacial score (nSPS) is 11.7. The van der Waals surface area contributed by atoms with Gasteiger partial charge >= 0.3 is 5.97 Å². The number of aliphatic carboxylic acids is 1. The van der Waals surface area contributed by atoms with Crippen LogP contribution in [0.4, 0.5) is 0 Å². The maximum atomic E-state index is 12.9. The number of para-hydroxylation sites is 1. The molecule has 0 saturated heterocycles. The van der Waals surface area contributed by atoms with Gasteiger partial charge in [0.05, 0.1) is 19.2 Å². The number of carboxylic acid groups (broad SMARTS) is 1. The molecule has 166 valence electrons. The van der Waals surface area contributed by atoms with Gasteiger partial charge in [-0.05, 0) is 49.0 Å². The molecular weight excluding hydrogens is 406 g/mol. The zero-order chi connectivity index (χ0) is 22.9. The molecule has 0 aromatic heterocycles. The number of carbonyl (C=O) groups excluding carboxylic acids is 1. The van der Waals surface area contributed by atoms with E-state index in [1.807, 2.05) is 36.4 Å². The Kier molecular flexibility index (Phi) is 8.00. The van der Waals surface area contributed by atoms with Gasteiger partial charge in [0.25, 0.3) is 0 Å². The first-order valence-corrected chi connectivity index (χ1v) is 10.4. The minimum Gasteiger partial charge on any atom is -0.496 e. The lowest BCUT2D eigenvalue weighted by Crippen LogP contribution is -2.28. The summed E-state index contributed by atoms with van der Waals surface area (Å²) >= 11 is 0. The van der Waals surface area contributed by atoms with Gasteiger partial charge in [-0.25, -0.2) is 0 Å². The highest BCUT2D eigenvalue weighted by atomic mass is 16.5. The molecule has 0 aliphatic heterocycles. The Labute approximate surface area is 188 Å². The smallest absolute Gasteiger partial charge is 0.317 e. The molecule has 0 aliphatic carbocycles. The predicted molar refractivity (Wildman–Crippen MR) is 122 cm³/mol. The molecular formula is C26H27NO5. The number of benzene rings is 3. The molecule has 0 amide bonds. The Bertz CT molecular complexity index is 1030. The number of methoxy groups -OCH3 is 1. The molecule has 0 fully saturated rings. The zero-order valence-electron chi connectivity index (χ0n) is 18.2. The van der Waals surface area contributed by atoms with Gasteiger partial charge < -0.3 is 14.6 Å². The molecule has 32 heavy (non-hydrogen) atoms. The van der Waals surface area contributed by atoms with Gasteiger partial charge in [0, 0.05) is 18.5 Å². The van der Waals surface area contributed by atoms with Crippen LogP contribution in [-0.4, -0.2) is 49.0 Å². The summed E-state index contributed by atoms with van der Waals surface area (Å²) in [7, 11) is 3.31. The average Bonchev–Trinajstić information content (AvgIpc) is 2.81. The summed E-state index contributed by atoms with van der Waals surface area (Å²) in [6.07, 6.45) is 0.374. The third-order valence-corrected chi connectivity index (χ3v) is 5.10. The maximum absolute atomic E-state index is 12.9. The van der Waals surface area contributed by atoms with Crippen molar-refractivity contribution in [3.05, 3.63) is 95.6 Å². The van der Waals surface area contributed by atoms with Crippen LogP contribution in [0.2, 0.25) is 0 Å². The van der Waals surface area contributed by atoms with Gasteiger partial charge in [0.2, 0.25) is 0 Å². The SMILES string of the molecule is COc1ccccc1C(=O)c1ccc(OC(CCN(C)CC(=O)O)c2ccccc2)cc1. The van der Waals surface area contributed by atoms with Crippen LogP contribution in [0.5, 0.6) is 11.5 Å². The van der Waals surface area contributed by atoms with Gasteiger partial charge in [-0.2, -0.15) is 0 Å². The van der Waals surface area contributed by atoms with Crippen LogP contribution in [0.3, 0.4) is 0 Å². The summed E-state index contributed by atoms with van der Waals surface area (Å²) in [5, 5.41) is 8.98. The van der Waals surface area contributed by atoms with E-state index in [4.69, 9.17) is 14.6 Å². The highest BCUT2D eigenvalue weighted by Gasteiger charge is 2.17. The topological polar surface area (TPSA) is 76.1 Å². The summed E-state index contributed by atoms with van der Waals surface area (Å²) in [4.78, 5) is 25.6. The van der Waals surface area contributed by atoms with E-state index in [1.165, 1.54) is 0 Å². The highest BCUT2D eigenvalue weighted by molar-refractivity contribution is 6.10. The quantitative estimate of drug-likeness (QED) is 0.450. The van der Waals surface area contributed by atoms with Gasteiger partial charge in [-0.3, -0.25) is 14.5 Å². The number of hydrogen-bond acceptors (Lipinski definition) is 5. The number of rotatable bonds is 11. The fourth-order valence-electron chi connectivity index (χ4n) is 3.45. The summed E-state index contributed by atoms with van der Waals surface area (Å²) in [6, 6.07) is 24.0. The van der Waals surface area contributed by atoms with Crippen molar-refractivity contribution in [2.45, 2.75) is 12.5 Å². The molecule has 1 unspecified atom stereocenters. The largest absolute Gasteiger partial charge is 0.496 e.